The first-order valence-electron chi connectivity index (χ1n) is 9.57. The number of carbonyl (C=O) groups excluding carboxylic acids is 1. The standard InChI is InChI=1S/C21H20ClF4NO4S/c1-20(2,32(29,30)16-5-3-4-15(11-16)31-21(24,25)26)13-9-14(10-13)27-19(28)12-6-7-17(22)18(23)8-12/h3-8,11,13-14H,9-10H2,1-2H3,(H,27,28)/t13-,14-. The van der Waals surface area contributed by atoms with Crippen molar-refractivity contribution in [2.45, 2.75) is 48.7 Å². The lowest BCUT2D eigenvalue weighted by molar-refractivity contribution is -0.274. The number of carbonyl (C=O) groups is 1. The predicted molar refractivity (Wildman–Crippen MR) is 110 cm³/mol. The molecule has 2 aromatic rings. The van der Waals surface area contributed by atoms with Crippen LogP contribution in [0.1, 0.15) is 37.0 Å². The van der Waals surface area contributed by atoms with Gasteiger partial charge in [-0.15, -0.1) is 13.2 Å². The molecule has 32 heavy (non-hydrogen) atoms. The highest BCUT2D eigenvalue weighted by Gasteiger charge is 2.49. The molecule has 2 aromatic carbocycles. The van der Waals surface area contributed by atoms with Gasteiger partial charge >= 0.3 is 6.36 Å². The lowest BCUT2D eigenvalue weighted by Crippen LogP contribution is -2.53. The van der Waals surface area contributed by atoms with Crippen LogP contribution in [-0.4, -0.2) is 31.5 Å². The monoisotopic (exact) mass is 493 g/mol. The number of sulfone groups is 1. The molecule has 5 nitrogen and oxygen atoms in total. The van der Waals surface area contributed by atoms with Gasteiger partial charge in [-0.3, -0.25) is 4.79 Å². The molecule has 1 aliphatic rings. The van der Waals surface area contributed by atoms with Crippen LogP contribution in [0, 0.1) is 11.7 Å². The summed E-state index contributed by atoms with van der Waals surface area (Å²) in [6, 6.07) is 7.60. The van der Waals surface area contributed by atoms with E-state index in [9.17, 15) is 30.8 Å². The van der Waals surface area contributed by atoms with E-state index in [1.165, 1.54) is 38.1 Å². The van der Waals surface area contributed by atoms with E-state index >= 15 is 0 Å². The maximum absolute atomic E-state index is 13.6. The van der Waals surface area contributed by atoms with Crippen molar-refractivity contribution < 1.29 is 35.5 Å². The zero-order valence-electron chi connectivity index (χ0n) is 17.0. The second kappa shape index (κ2) is 8.55. The number of benzene rings is 2. The van der Waals surface area contributed by atoms with Gasteiger partial charge in [0.25, 0.3) is 5.91 Å². The normalized spacial score (nSPS) is 19.2. The Labute approximate surface area is 187 Å². The third-order valence-electron chi connectivity index (χ3n) is 5.68. The Kier molecular flexibility index (Phi) is 6.50. The zero-order valence-corrected chi connectivity index (χ0v) is 18.6. The van der Waals surface area contributed by atoms with Crippen molar-refractivity contribution in [1.82, 2.24) is 5.32 Å². The molecule has 0 heterocycles. The second-order valence-electron chi connectivity index (χ2n) is 8.10. The third kappa shape index (κ3) is 5.01. The van der Waals surface area contributed by atoms with Crippen molar-refractivity contribution in [3.63, 3.8) is 0 Å². The van der Waals surface area contributed by atoms with E-state index in [1.54, 1.807) is 0 Å². The zero-order chi connectivity index (χ0) is 23.9. The van der Waals surface area contributed by atoms with Crippen LogP contribution in [-0.2, 0) is 9.84 Å². The van der Waals surface area contributed by atoms with E-state index in [0.717, 1.165) is 18.2 Å². The van der Waals surface area contributed by atoms with Gasteiger partial charge in [0.15, 0.2) is 9.84 Å². The van der Waals surface area contributed by atoms with Crippen molar-refractivity contribution in [2.75, 3.05) is 0 Å². The Morgan fingerprint density at radius 1 is 1.12 bits per heavy atom. The Morgan fingerprint density at radius 3 is 2.38 bits per heavy atom. The Hall–Kier alpha value is -2.33. The number of ether oxygens (including phenoxy) is 1. The van der Waals surface area contributed by atoms with Gasteiger partial charge in [0.1, 0.15) is 11.6 Å². The van der Waals surface area contributed by atoms with Crippen LogP contribution >= 0.6 is 11.6 Å². The minimum absolute atomic E-state index is 0.0868. The van der Waals surface area contributed by atoms with Crippen LogP contribution in [0.25, 0.3) is 0 Å². The van der Waals surface area contributed by atoms with Crippen LogP contribution in [0.4, 0.5) is 17.6 Å². The third-order valence-corrected chi connectivity index (χ3v) is 8.58. The average Bonchev–Trinajstić information content (AvgIpc) is 2.64. The Balaban J connectivity index is 1.68. The van der Waals surface area contributed by atoms with Gasteiger partial charge in [0, 0.05) is 11.6 Å². The van der Waals surface area contributed by atoms with Gasteiger partial charge in [0.05, 0.1) is 14.7 Å². The fourth-order valence-corrected chi connectivity index (χ4v) is 5.46. The molecule has 0 aliphatic heterocycles. The molecule has 1 N–H and O–H groups in total. The largest absolute Gasteiger partial charge is 0.573 e. The first-order valence-corrected chi connectivity index (χ1v) is 11.4. The maximum Gasteiger partial charge on any atom is 0.573 e. The van der Waals surface area contributed by atoms with E-state index in [2.05, 4.69) is 10.1 Å². The minimum Gasteiger partial charge on any atom is -0.406 e. The van der Waals surface area contributed by atoms with E-state index in [-0.39, 0.29) is 27.4 Å². The van der Waals surface area contributed by atoms with Gasteiger partial charge in [0.2, 0.25) is 0 Å². The van der Waals surface area contributed by atoms with E-state index in [0.29, 0.717) is 12.8 Å². The van der Waals surface area contributed by atoms with Crippen molar-refractivity contribution >= 4 is 27.3 Å². The van der Waals surface area contributed by atoms with E-state index in [4.69, 9.17) is 11.6 Å². The summed E-state index contributed by atoms with van der Waals surface area (Å²) in [6.07, 6.45) is -4.26. The number of nitrogens with one attached hydrogen (secondary N) is 1. The van der Waals surface area contributed by atoms with Crippen LogP contribution in [0.3, 0.4) is 0 Å². The number of halogens is 5. The number of hydrogen-bond donors (Lipinski definition) is 1. The topological polar surface area (TPSA) is 72.5 Å². The molecule has 3 rings (SSSR count). The fourth-order valence-electron chi connectivity index (χ4n) is 3.57. The summed E-state index contributed by atoms with van der Waals surface area (Å²) in [6.45, 7) is 2.99. The number of rotatable bonds is 6. The van der Waals surface area contributed by atoms with Crippen molar-refractivity contribution in [2.24, 2.45) is 5.92 Å². The van der Waals surface area contributed by atoms with Crippen LogP contribution in [0.15, 0.2) is 47.4 Å². The quantitative estimate of drug-likeness (QED) is 0.566. The van der Waals surface area contributed by atoms with Crippen molar-refractivity contribution in [1.29, 1.82) is 0 Å². The molecule has 1 amide bonds. The highest BCUT2D eigenvalue weighted by atomic mass is 35.5. The number of alkyl halides is 3. The lowest BCUT2D eigenvalue weighted by atomic mass is 9.73. The first kappa shape index (κ1) is 24.3. The molecule has 0 bridgehead atoms. The van der Waals surface area contributed by atoms with Gasteiger partial charge in [-0.25, -0.2) is 12.8 Å². The molecule has 1 aliphatic carbocycles. The first-order chi connectivity index (χ1) is 14.7. The summed E-state index contributed by atoms with van der Waals surface area (Å²) in [7, 11) is -4.02. The summed E-state index contributed by atoms with van der Waals surface area (Å²) in [5.41, 5.74) is 0.0868. The molecule has 174 valence electrons. The van der Waals surface area contributed by atoms with Gasteiger partial charge in [-0.1, -0.05) is 17.7 Å². The Morgan fingerprint density at radius 2 is 1.78 bits per heavy atom. The average molecular weight is 494 g/mol. The van der Waals surface area contributed by atoms with Crippen molar-refractivity contribution in [3.05, 3.63) is 58.9 Å². The van der Waals surface area contributed by atoms with Crippen LogP contribution in [0.2, 0.25) is 5.02 Å². The predicted octanol–water partition coefficient (Wildman–Crippen LogP) is 5.14. The molecule has 1 saturated carbocycles. The molecule has 0 radical (unpaired) electrons. The van der Waals surface area contributed by atoms with Gasteiger partial charge in [-0.2, -0.15) is 0 Å². The summed E-state index contributed by atoms with van der Waals surface area (Å²) in [4.78, 5) is 12.0. The number of hydrogen-bond acceptors (Lipinski definition) is 4. The van der Waals surface area contributed by atoms with Gasteiger partial charge < -0.3 is 10.1 Å². The summed E-state index contributed by atoms with van der Waals surface area (Å²) in [5.74, 6) is -2.22. The second-order valence-corrected chi connectivity index (χ2v) is 11.0. The maximum atomic E-state index is 13.6. The van der Waals surface area contributed by atoms with E-state index in [1.807, 2.05) is 0 Å². The SMILES string of the molecule is CC(C)([C@H]1C[C@H](NC(=O)c2ccc(Cl)c(F)c2)C1)S(=O)(=O)c1cccc(OC(F)(F)F)c1. The molecule has 0 unspecified atom stereocenters. The van der Waals surface area contributed by atoms with Crippen LogP contribution in [0.5, 0.6) is 5.75 Å². The fraction of sp³-hybridized carbons (Fsp3) is 0.381. The Bertz CT molecular complexity index is 1130. The summed E-state index contributed by atoms with van der Waals surface area (Å²) < 4.78 is 79.8. The van der Waals surface area contributed by atoms with E-state index < -0.39 is 38.4 Å². The molecular weight excluding hydrogens is 474 g/mol. The summed E-state index contributed by atoms with van der Waals surface area (Å²) >= 11 is 5.61. The summed E-state index contributed by atoms with van der Waals surface area (Å²) in [5, 5.41) is 2.61. The van der Waals surface area contributed by atoms with Crippen molar-refractivity contribution in [3.8, 4) is 5.75 Å². The smallest absolute Gasteiger partial charge is 0.406 e. The highest BCUT2D eigenvalue weighted by molar-refractivity contribution is 7.92. The minimum atomic E-state index is -4.94. The molecule has 0 aromatic heterocycles. The molecule has 0 spiro atoms. The lowest BCUT2D eigenvalue weighted by Gasteiger charge is -2.45. The van der Waals surface area contributed by atoms with Gasteiger partial charge in [-0.05, 0) is 69.0 Å². The molecule has 11 heteroatoms. The highest BCUT2D eigenvalue weighted by Crippen LogP contribution is 2.44. The molecule has 0 saturated heterocycles. The molecule has 0 atom stereocenters. The number of amides is 1. The molecular formula is C21H20ClF4NO4S. The van der Waals surface area contributed by atoms with Crippen LogP contribution < -0.4 is 10.1 Å². The molecule has 1 fully saturated rings.